The van der Waals surface area contributed by atoms with E-state index in [9.17, 15) is 4.79 Å². The summed E-state index contributed by atoms with van der Waals surface area (Å²) in [5.74, 6) is -0.445. The maximum atomic E-state index is 11.8. The Morgan fingerprint density at radius 3 is 2.67 bits per heavy atom. The lowest BCUT2D eigenvalue weighted by Crippen LogP contribution is -2.23. The average Bonchev–Trinajstić information content (AvgIpc) is 2.69. The molecule has 0 aliphatic carbocycles. The molecule has 0 bridgehead atoms. The van der Waals surface area contributed by atoms with Crippen LogP contribution in [0.4, 0.5) is 17.1 Å². The molecule has 0 saturated carbocycles. The van der Waals surface area contributed by atoms with Gasteiger partial charge in [-0.1, -0.05) is 18.2 Å². The first-order valence-electron chi connectivity index (χ1n) is 7.21. The zero-order chi connectivity index (χ0) is 14.8. The Balaban J connectivity index is 2.14. The van der Waals surface area contributed by atoms with Gasteiger partial charge in [0, 0.05) is 17.9 Å². The van der Waals surface area contributed by atoms with Crippen molar-refractivity contribution in [3.05, 3.63) is 53.6 Å². The first-order chi connectivity index (χ1) is 10.2. The van der Waals surface area contributed by atoms with Crippen LogP contribution >= 0.6 is 0 Å². The predicted molar refractivity (Wildman–Crippen MR) is 85.8 cm³/mol. The molecule has 1 aliphatic rings. The van der Waals surface area contributed by atoms with E-state index in [1.165, 1.54) is 5.56 Å². The lowest BCUT2D eigenvalue weighted by Gasteiger charge is -2.27. The van der Waals surface area contributed by atoms with Crippen molar-refractivity contribution >= 4 is 23.0 Å². The normalized spacial score (nSPS) is 14.4. The summed E-state index contributed by atoms with van der Waals surface area (Å²) in [5, 5.41) is 0. The number of rotatable bonds is 2. The molecule has 0 unspecified atom stereocenters. The number of nitrogens with two attached hydrogens (primary N) is 2. The quantitative estimate of drug-likeness (QED) is 0.831. The van der Waals surface area contributed by atoms with Crippen molar-refractivity contribution in [1.29, 1.82) is 0 Å². The number of amides is 1. The third-order valence-corrected chi connectivity index (χ3v) is 3.94. The summed E-state index contributed by atoms with van der Waals surface area (Å²) >= 11 is 0. The second kappa shape index (κ2) is 5.48. The summed E-state index contributed by atoms with van der Waals surface area (Å²) in [4.78, 5) is 13.9. The van der Waals surface area contributed by atoms with Gasteiger partial charge in [-0.25, -0.2) is 0 Å². The molecule has 0 radical (unpaired) electrons. The van der Waals surface area contributed by atoms with E-state index >= 15 is 0 Å². The number of carbonyl (C=O) groups excluding carboxylic acids is 1. The van der Waals surface area contributed by atoms with Gasteiger partial charge < -0.3 is 16.4 Å². The van der Waals surface area contributed by atoms with Crippen LogP contribution in [0.2, 0.25) is 0 Å². The molecular weight excluding hydrogens is 262 g/mol. The Bertz CT molecular complexity index is 681. The minimum Gasteiger partial charge on any atom is -0.399 e. The van der Waals surface area contributed by atoms with E-state index in [-0.39, 0.29) is 0 Å². The van der Waals surface area contributed by atoms with Crippen molar-refractivity contribution in [2.24, 2.45) is 5.73 Å². The number of carbonyl (C=O) groups is 1. The number of nitrogen functional groups attached to an aromatic ring is 1. The molecule has 2 aromatic carbocycles. The van der Waals surface area contributed by atoms with Crippen LogP contribution in [0.5, 0.6) is 0 Å². The van der Waals surface area contributed by atoms with Gasteiger partial charge in [-0.2, -0.15) is 0 Å². The van der Waals surface area contributed by atoms with Crippen LogP contribution < -0.4 is 16.4 Å². The summed E-state index contributed by atoms with van der Waals surface area (Å²) in [6, 6.07) is 13.7. The zero-order valence-electron chi connectivity index (χ0n) is 11.9. The van der Waals surface area contributed by atoms with E-state index in [4.69, 9.17) is 11.5 Å². The van der Waals surface area contributed by atoms with E-state index in [0.717, 1.165) is 37.2 Å². The van der Waals surface area contributed by atoms with Gasteiger partial charge in [0.2, 0.25) is 0 Å². The number of hydrogen-bond acceptors (Lipinski definition) is 3. The molecule has 0 aromatic heterocycles. The van der Waals surface area contributed by atoms with E-state index < -0.39 is 5.91 Å². The molecule has 0 spiro atoms. The highest BCUT2D eigenvalue weighted by Crippen LogP contribution is 2.35. The molecular formula is C17H19N3O. The molecule has 1 heterocycles. The number of anilines is 3. The Morgan fingerprint density at radius 1 is 1.05 bits per heavy atom. The van der Waals surface area contributed by atoms with Crippen LogP contribution in [-0.2, 0) is 6.42 Å². The standard InChI is InChI=1S/C17H19N3O/c18-13-8-9-16(14(11-13)17(19)21)20-10-4-3-6-12-5-1-2-7-15(12)20/h1-2,5,7-9,11H,3-4,6,10,18H2,(H2,19,21). The van der Waals surface area contributed by atoms with Gasteiger partial charge in [-0.3, -0.25) is 4.79 Å². The predicted octanol–water partition coefficient (Wildman–Crippen LogP) is 2.84. The van der Waals surface area contributed by atoms with Gasteiger partial charge >= 0.3 is 0 Å². The van der Waals surface area contributed by atoms with Crippen LogP contribution in [-0.4, -0.2) is 12.5 Å². The molecule has 0 fully saturated rings. The van der Waals surface area contributed by atoms with Crippen molar-refractivity contribution in [3.8, 4) is 0 Å². The van der Waals surface area contributed by atoms with E-state index in [2.05, 4.69) is 23.1 Å². The number of aryl methyl sites for hydroxylation is 1. The summed E-state index contributed by atoms with van der Waals surface area (Å²) in [5.41, 5.74) is 15.7. The molecule has 1 amide bonds. The Hall–Kier alpha value is -2.49. The van der Waals surface area contributed by atoms with Crippen molar-refractivity contribution < 1.29 is 4.79 Å². The second-order valence-corrected chi connectivity index (χ2v) is 5.38. The van der Waals surface area contributed by atoms with Gasteiger partial charge in [-0.05, 0) is 49.1 Å². The van der Waals surface area contributed by atoms with Crippen LogP contribution in [0.1, 0.15) is 28.8 Å². The molecule has 21 heavy (non-hydrogen) atoms. The Morgan fingerprint density at radius 2 is 1.86 bits per heavy atom. The van der Waals surface area contributed by atoms with Gasteiger partial charge in [0.25, 0.3) is 5.91 Å². The van der Waals surface area contributed by atoms with E-state index in [0.29, 0.717) is 11.3 Å². The SMILES string of the molecule is NC(=O)c1cc(N)ccc1N1CCCCc2ccccc21. The highest BCUT2D eigenvalue weighted by molar-refractivity contribution is 6.00. The highest BCUT2D eigenvalue weighted by atomic mass is 16.1. The smallest absolute Gasteiger partial charge is 0.250 e. The van der Waals surface area contributed by atoms with Crippen molar-refractivity contribution in [2.75, 3.05) is 17.2 Å². The third kappa shape index (κ3) is 2.57. The number of para-hydroxylation sites is 1. The topological polar surface area (TPSA) is 72.3 Å². The minimum absolute atomic E-state index is 0.445. The van der Waals surface area contributed by atoms with E-state index in [1.54, 1.807) is 6.07 Å². The third-order valence-electron chi connectivity index (χ3n) is 3.94. The lowest BCUT2D eigenvalue weighted by atomic mass is 10.1. The average molecular weight is 281 g/mol. The molecule has 108 valence electrons. The molecule has 0 atom stereocenters. The lowest BCUT2D eigenvalue weighted by molar-refractivity contribution is 0.100. The largest absolute Gasteiger partial charge is 0.399 e. The first kappa shape index (κ1) is 13.5. The van der Waals surface area contributed by atoms with Gasteiger partial charge in [0.05, 0.1) is 11.3 Å². The fourth-order valence-electron chi connectivity index (χ4n) is 2.93. The molecule has 2 aromatic rings. The van der Waals surface area contributed by atoms with Crippen LogP contribution in [0.3, 0.4) is 0 Å². The summed E-state index contributed by atoms with van der Waals surface area (Å²) in [7, 11) is 0. The van der Waals surface area contributed by atoms with Gasteiger partial charge in [-0.15, -0.1) is 0 Å². The number of hydrogen-bond donors (Lipinski definition) is 2. The monoisotopic (exact) mass is 281 g/mol. The number of benzene rings is 2. The Kier molecular flexibility index (Phi) is 3.52. The maximum Gasteiger partial charge on any atom is 0.250 e. The molecule has 4 N–H and O–H groups in total. The molecule has 1 aliphatic heterocycles. The summed E-state index contributed by atoms with van der Waals surface area (Å²) in [6.07, 6.45) is 3.29. The van der Waals surface area contributed by atoms with E-state index in [1.807, 2.05) is 18.2 Å². The Labute approximate surface area is 124 Å². The van der Waals surface area contributed by atoms with Gasteiger partial charge in [0.15, 0.2) is 0 Å². The second-order valence-electron chi connectivity index (χ2n) is 5.38. The van der Waals surface area contributed by atoms with Crippen molar-refractivity contribution in [1.82, 2.24) is 0 Å². The summed E-state index contributed by atoms with van der Waals surface area (Å²) < 4.78 is 0. The highest BCUT2D eigenvalue weighted by Gasteiger charge is 2.20. The van der Waals surface area contributed by atoms with Crippen LogP contribution in [0.25, 0.3) is 0 Å². The summed E-state index contributed by atoms with van der Waals surface area (Å²) in [6.45, 7) is 0.876. The van der Waals surface area contributed by atoms with Crippen molar-refractivity contribution in [3.63, 3.8) is 0 Å². The molecule has 4 nitrogen and oxygen atoms in total. The first-order valence-corrected chi connectivity index (χ1v) is 7.21. The number of nitrogens with zero attached hydrogens (tertiary/aromatic N) is 1. The molecule has 4 heteroatoms. The minimum atomic E-state index is -0.445. The van der Waals surface area contributed by atoms with Crippen LogP contribution in [0, 0.1) is 0 Å². The number of primary amides is 1. The number of fused-ring (bicyclic) bond motifs is 1. The van der Waals surface area contributed by atoms with Crippen molar-refractivity contribution in [2.45, 2.75) is 19.3 Å². The van der Waals surface area contributed by atoms with Gasteiger partial charge in [0.1, 0.15) is 0 Å². The van der Waals surface area contributed by atoms with Crippen LogP contribution in [0.15, 0.2) is 42.5 Å². The zero-order valence-corrected chi connectivity index (χ0v) is 11.9. The fourth-order valence-corrected chi connectivity index (χ4v) is 2.93. The molecule has 3 rings (SSSR count). The molecule has 0 saturated heterocycles. The fraction of sp³-hybridized carbons (Fsp3) is 0.235. The maximum absolute atomic E-state index is 11.8.